The summed E-state index contributed by atoms with van der Waals surface area (Å²) in [5.74, 6) is -10.3. The third-order valence-electron chi connectivity index (χ3n) is 5.43. The molecule has 0 aliphatic carbocycles. The smallest absolute Gasteiger partial charge is 0.194 e. The third kappa shape index (κ3) is 5.43. The van der Waals surface area contributed by atoms with Crippen molar-refractivity contribution >= 4 is 0 Å². The Morgan fingerprint density at radius 1 is 0.765 bits per heavy atom. The number of hydrogen-bond acceptors (Lipinski definition) is 6. The van der Waals surface area contributed by atoms with Gasteiger partial charge in [-0.15, -0.1) is 6.58 Å². The Hall–Kier alpha value is -2.48. The van der Waals surface area contributed by atoms with E-state index in [0.717, 1.165) is 0 Å². The largest absolute Gasteiger partial charge is 0.394 e. The van der Waals surface area contributed by atoms with Crippen LogP contribution in [0.3, 0.4) is 0 Å². The maximum Gasteiger partial charge on any atom is 0.194 e. The van der Waals surface area contributed by atoms with Gasteiger partial charge in [-0.05, 0) is 35.4 Å². The van der Waals surface area contributed by atoms with Gasteiger partial charge in [0.15, 0.2) is 34.9 Å². The minimum atomic E-state index is -3.11. The number of benzene rings is 2. The first-order valence-electron chi connectivity index (χ1n) is 9.70. The Morgan fingerprint density at radius 3 is 1.50 bits per heavy atom. The van der Waals surface area contributed by atoms with E-state index < -0.39 is 95.0 Å². The van der Waals surface area contributed by atoms with Crippen LogP contribution in [0.4, 0.5) is 26.3 Å². The summed E-state index contributed by atoms with van der Waals surface area (Å²) in [7, 11) is 0. The quantitative estimate of drug-likeness (QED) is 0.166. The fraction of sp³-hybridized carbons (Fsp3) is 0.364. The predicted octanol–water partition coefficient (Wildman–Crippen LogP) is 1.03. The van der Waals surface area contributed by atoms with Crippen molar-refractivity contribution in [3.63, 3.8) is 0 Å². The molecule has 0 aromatic heterocycles. The van der Waals surface area contributed by atoms with E-state index in [1.165, 1.54) is 0 Å². The van der Waals surface area contributed by atoms with Crippen LogP contribution in [0.1, 0.15) is 11.1 Å². The number of aliphatic hydroxyl groups excluding tert-OH is 4. The minimum Gasteiger partial charge on any atom is -0.394 e. The lowest BCUT2D eigenvalue weighted by atomic mass is 9.73. The van der Waals surface area contributed by atoms with E-state index in [1.807, 2.05) is 0 Å². The van der Waals surface area contributed by atoms with Crippen LogP contribution in [0.25, 0.3) is 0 Å². The molecule has 0 aliphatic heterocycles. The molecule has 6 N–H and O–H groups in total. The highest BCUT2D eigenvalue weighted by Gasteiger charge is 2.53. The molecule has 2 rings (SSSR count). The van der Waals surface area contributed by atoms with E-state index in [-0.39, 0.29) is 0 Å². The maximum atomic E-state index is 13.7. The van der Waals surface area contributed by atoms with Crippen LogP contribution >= 0.6 is 0 Å². The highest BCUT2D eigenvalue weighted by molar-refractivity contribution is 5.27. The average Bonchev–Trinajstić information content (AvgIpc) is 2.78. The summed E-state index contributed by atoms with van der Waals surface area (Å²) in [6.07, 6.45) is -8.71. The Morgan fingerprint density at radius 2 is 1.15 bits per heavy atom. The lowest BCUT2D eigenvalue weighted by Crippen LogP contribution is -2.66. The number of rotatable bonds is 10. The lowest BCUT2D eigenvalue weighted by Gasteiger charge is -2.45. The van der Waals surface area contributed by atoms with E-state index in [1.54, 1.807) is 0 Å². The van der Waals surface area contributed by atoms with Crippen LogP contribution < -0.4 is 0 Å². The van der Waals surface area contributed by atoms with Crippen molar-refractivity contribution in [2.24, 2.45) is 0 Å². The molecule has 0 bridgehead atoms. The molecule has 0 spiro atoms. The van der Waals surface area contributed by atoms with Crippen molar-refractivity contribution < 1.29 is 57.0 Å². The molecular formula is C22H22F6O6. The van der Waals surface area contributed by atoms with Crippen LogP contribution in [0.15, 0.2) is 36.9 Å². The molecule has 1 unspecified atom stereocenters. The normalized spacial score (nSPS) is 18.0. The van der Waals surface area contributed by atoms with Gasteiger partial charge in [-0.1, -0.05) is 6.08 Å². The zero-order valence-electron chi connectivity index (χ0n) is 17.4. The van der Waals surface area contributed by atoms with Crippen molar-refractivity contribution in [1.29, 1.82) is 0 Å². The number of aliphatic hydroxyl groups is 6. The molecule has 6 nitrogen and oxygen atoms in total. The van der Waals surface area contributed by atoms with Gasteiger partial charge in [0.1, 0.15) is 29.5 Å². The van der Waals surface area contributed by atoms with E-state index in [9.17, 15) is 51.9 Å². The summed E-state index contributed by atoms with van der Waals surface area (Å²) in [5, 5.41) is 62.3. The summed E-state index contributed by atoms with van der Waals surface area (Å²) in [6, 6.07) is 1.77. The SMILES string of the molecule is C=CC(O)(Cc1cc(F)c(F)c(F)c1)[C@@H](O)[C@@](O)(Cc1cc(F)c(F)c(F)c1)[C@H](O)[C@@H](O)CO. The van der Waals surface area contributed by atoms with Gasteiger partial charge in [0, 0.05) is 12.8 Å². The van der Waals surface area contributed by atoms with Crippen LogP contribution in [0.5, 0.6) is 0 Å². The Bertz CT molecular complexity index is 1010. The molecule has 5 atom stereocenters. The van der Waals surface area contributed by atoms with Gasteiger partial charge in [-0.3, -0.25) is 0 Å². The standard InChI is InChI=1S/C22H22F6O6/c1-2-21(33,7-10-3-12(23)17(27)13(24)4-10)20(32)22(34,19(31)16(30)9-29)8-11-5-14(25)18(28)15(26)6-11/h2-6,16,19-20,29-34H,1,7-9H2/t16-,19+,20+,21?,22+/m0/s1. The van der Waals surface area contributed by atoms with Crippen molar-refractivity contribution in [3.05, 3.63) is 83.0 Å². The van der Waals surface area contributed by atoms with Crippen molar-refractivity contribution in [1.82, 2.24) is 0 Å². The van der Waals surface area contributed by atoms with Crippen LogP contribution in [0, 0.1) is 34.9 Å². The molecule has 2 aromatic carbocycles. The van der Waals surface area contributed by atoms with Crippen LogP contribution in [-0.4, -0.2) is 66.8 Å². The van der Waals surface area contributed by atoms with Gasteiger partial charge >= 0.3 is 0 Å². The number of halogens is 6. The van der Waals surface area contributed by atoms with Crippen LogP contribution in [-0.2, 0) is 12.8 Å². The monoisotopic (exact) mass is 496 g/mol. The highest BCUT2D eigenvalue weighted by atomic mass is 19.2. The zero-order valence-corrected chi connectivity index (χ0v) is 17.4. The fourth-order valence-corrected chi connectivity index (χ4v) is 3.58. The molecule has 0 saturated carbocycles. The van der Waals surface area contributed by atoms with E-state index in [4.69, 9.17) is 5.11 Å². The van der Waals surface area contributed by atoms with E-state index in [2.05, 4.69) is 6.58 Å². The molecule has 0 amide bonds. The Kier molecular flexibility index (Phi) is 8.51. The summed E-state index contributed by atoms with van der Waals surface area (Å²) in [4.78, 5) is 0. The lowest BCUT2D eigenvalue weighted by molar-refractivity contribution is -0.218. The van der Waals surface area contributed by atoms with E-state index in [0.29, 0.717) is 30.3 Å². The molecule has 34 heavy (non-hydrogen) atoms. The summed E-state index contributed by atoms with van der Waals surface area (Å²) in [6.45, 7) is 2.07. The first-order valence-corrected chi connectivity index (χ1v) is 9.70. The van der Waals surface area contributed by atoms with Gasteiger partial charge in [-0.2, -0.15) is 0 Å². The minimum absolute atomic E-state index is 0.409. The second-order valence-corrected chi connectivity index (χ2v) is 7.88. The predicted molar refractivity (Wildman–Crippen MR) is 105 cm³/mol. The summed E-state index contributed by atoms with van der Waals surface area (Å²) in [5.41, 5.74) is -6.85. The van der Waals surface area contributed by atoms with Gasteiger partial charge in [-0.25, -0.2) is 26.3 Å². The number of hydrogen-bond donors (Lipinski definition) is 6. The maximum absolute atomic E-state index is 13.7. The average molecular weight is 496 g/mol. The Labute approximate surface area is 189 Å². The highest BCUT2D eigenvalue weighted by Crippen LogP contribution is 2.34. The van der Waals surface area contributed by atoms with Crippen LogP contribution in [0.2, 0.25) is 0 Å². The molecule has 0 radical (unpaired) electrons. The molecule has 0 aliphatic rings. The topological polar surface area (TPSA) is 121 Å². The van der Waals surface area contributed by atoms with Gasteiger partial charge < -0.3 is 30.6 Å². The van der Waals surface area contributed by atoms with Gasteiger partial charge in [0.05, 0.1) is 6.61 Å². The second kappa shape index (κ2) is 10.4. The summed E-state index contributed by atoms with van der Waals surface area (Å²) < 4.78 is 81.1. The molecule has 0 saturated heterocycles. The molecule has 0 heterocycles. The van der Waals surface area contributed by atoms with Gasteiger partial charge in [0.25, 0.3) is 0 Å². The molecule has 0 fully saturated rings. The van der Waals surface area contributed by atoms with E-state index >= 15 is 0 Å². The fourth-order valence-electron chi connectivity index (χ4n) is 3.58. The van der Waals surface area contributed by atoms with Crippen molar-refractivity contribution in [2.45, 2.75) is 42.4 Å². The van der Waals surface area contributed by atoms with Crippen molar-refractivity contribution in [3.8, 4) is 0 Å². The summed E-state index contributed by atoms with van der Waals surface area (Å²) >= 11 is 0. The molecule has 188 valence electrons. The second-order valence-electron chi connectivity index (χ2n) is 7.88. The van der Waals surface area contributed by atoms with Crippen molar-refractivity contribution in [2.75, 3.05) is 6.61 Å². The third-order valence-corrected chi connectivity index (χ3v) is 5.43. The first-order chi connectivity index (χ1) is 15.7. The molecular weight excluding hydrogens is 474 g/mol. The molecule has 12 heteroatoms. The first kappa shape index (κ1) is 27.8. The van der Waals surface area contributed by atoms with Gasteiger partial charge in [0.2, 0.25) is 0 Å². The molecule has 2 aromatic rings. The Balaban J connectivity index is 2.56. The zero-order chi connectivity index (χ0) is 26.0.